The van der Waals surface area contributed by atoms with Crippen molar-refractivity contribution in [3.63, 3.8) is 0 Å². The van der Waals surface area contributed by atoms with Crippen LogP contribution in [0.5, 0.6) is 17.2 Å². The number of hydrazone groups is 1. The molecule has 3 rings (SSSR count). The van der Waals surface area contributed by atoms with E-state index in [1.54, 1.807) is 25.1 Å². The SMILES string of the molecule is CCOc1cc(/C=N\NC(=O)COc2cc(C)cc(C)c2)ccc1OC(=O)c1ccc(F)cc1. The van der Waals surface area contributed by atoms with Gasteiger partial charge in [0.2, 0.25) is 0 Å². The Kier molecular flexibility index (Phi) is 8.34. The number of carbonyl (C=O) groups is 2. The number of ether oxygens (including phenoxy) is 3. The van der Waals surface area contributed by atoms with Gasteiger partial charge in [0.25, 0.3) is 5.91 Å². The predicted molar refractivity (Wildman–Crippen MR) is 126 cm³/mol. The molecule has 34 heavy (non-hydrogen) atoms. The zero-order chi connectivity index (χ0) is 24.5. The molecular formula is C26H25FN2O5. The van der Waals surface area contributed by atoms with Crippen molar-refractivity contribution in [2.45, 2.75) is 20.8 Å². The highest BCUT2D eigenvalue weighted by Crippen LogP contribution is 2.29. The number of nitrogens with zero attached hydrogens (tertiary/aromatic N) is 1. The lowest BCUT2D eigenvalue weighted by Crippen LogP contribution is -2.24. The summed E-state index contributed by atoms with van der Waals surface area (Å²) >= 11 is 0. The van der Waals surface area contributed by atoms with Crippen LogP contribution in [0.4, 0.5) is 4.39 Å². The average Bonchev–Trinajstić information content (AvgIpc) is 2.79. The minimum Gasteiger partial charge on any atom is -0.490 e. The predicted octanol–water partition coefficient (Wildman–Crippen LogP) is 4.59. The summed E-state index contributed by atoms with van der Waals surface area (Å²) in [5, 5.41) is 3.93. The molecule has 0 saturated carbocycles. The van der Waals surface area contributed by atoms with Crippen molar-refractivity contribution in [2.24, 2.45) is 5.10 Å². The Morgan fingerprint density at radius 1 is 0.941 bits per heavy atom. The Morgan fingerprint density at radius 3 is 2.32 bits per heavy atom. The zero-order valence-corrected chi connectivity index (χ0v) is 19.1. The van der Waals surface area contributed by atoms with Gasteiger partial charge in [0, 0.05) is 0 Å². The first-order valence-electron chi connectivity index (χ1n) is 10.6. The molecule has 0 heterocycles. The first kappa shape index (κ1) is 24.4. The number of rotatable bonds is 9. The molecule has 176 valence electrons. The molecule has 0 saturated heterocycles. The van der Waals surface area contributed by atoms with Crippen LogP contribution in [0.3, 0.4) is 0 Å². The van der Waals surface area contributed by atoms with Gasteiger partial charge in [-0.05, 0) is 92.1 Å². The monoisotopic (exact) mass is 464 g/mol. The molecule has 0 aliphatic heterocycles. The molecule has 1 amide bonds. The summed E-state index contributed by atoms with van der Waals surface area (Å²) in [6.45, 7) is 5.87. The minimum atomic E-state index is -0.640. The second-order valence-electron chi connectivity index (χ2n) is 7.44. The molecular weight excluding hydrogens is 439 g/mol. The summed E-state index contributed by atoms with van der Waals surface area (Å²) in [5.41, 5.74) is 5.32. The van der Waals surface area contributed by atoms with Crippen LogP contribution in [-0.2, 0) is 4.79 Å². The number of halogens is 1. The summed E-state index contributed by atoms with van der Waals surface area (Å²) in [4.78, 5) is 24.4. The third kappa shape index (κ3) is 7.16. The van der Waals surface area contributed by atoms with Gasteiger partial charge in [-0.1, -0.05) is 6.07 Å². The lowest BCUT2D eigenvalue weighted by molar-refractivity contribution is -0.123. The molecule has 0 radical (unpaired) electrons. The van der Waals surface area contributed by atoms with E-state index in [0.29, 0.717) is 23.7 Å². The van der Waals surface area contributed by atoms with Gasteiger partial charge in [0.1, 0.15) is 11.6 Å². The van der Waals surface area contributed by atoms with Gasteiger partial charge in [-0.3, -0.25) is 4.79 Å². The van der Waals surface area contributed by atoms with Gasteiger partial charge in [0.05, 0.1) is 18.4 Å². The van der Waals surface area contributed by atoms with E-state index >= 15 is 0 Å². The molecule has 0 unspecified atom stereocenters. The molecule has 7 nitrogen and oxygen atoms in total. The van der Waals surface area contributed by atoms with Crippen molar-refractivity contribution < 1.29 is 28.2 Å². The summed E-state index contributed by atoms with van der Waals surface area (Å²) in [6, 6.07) is 15.6. The zero-order valence-electron chi connectivity index (χ0n) is 19.1. The number of hydrogen-bond donors (Lipinski definition) is 1. The molecule has 0 bridgehead atoms. The van der Waals surface area contributed by atoms with Crippen LogP contribution in [-0.4, -0.2) is 31.3 Å². The molecule has 1 N–H and O–H groups in total. The number of nitrogens with one attached hydrogen (secondary N) is 1. The lowest BCUT2D eigenvalue weighted by atomic mass is 10.1. The van der Waals surface area contributed by atoms with E-state index in [2.05, 4.69) is 10.5 Å². The fraction of sp³-hybridized carbons (Fsp3) is 0.192. The topological polar surface area (TPSA) is 86.2 Å². The van der Waals surface area contributed by atoms with Crippen molar-refractivity contribution in [3.05, 3.63) is 88.7 Å². The van der Waals surface area contributed by atoms with Crippen LogP contribution in [0.2, 0.25) is 0 Å². The van der Waals surface area contributed by atoms with E-state index in [0.717, 1.165) is 11.1 Å². The Morgan fingerprint density at radius 2 is 1.65 bits per heavy atom. The van der Waals surface area contributed by atoms with Gasteiger partial charge >= 0.3 is 5.97 Å². The standard InChI is InChI=1S/C26H25FN2O5/c1-4-32-24-14-19(5-10-23(24)34-26(31)20-6-8-21(27)9-7-20)15-28-29-25(30)16-33-22-12-17(2)11-18(3)13-22/h5-15H,4,16H2,1-3H3,(H,29,30)/b28-15-. The van der Waals surface area contributed by atoms with Crippen LogP contribution in [0.1, 0.15) is 34.0 Å². The molecule has 0 aliphatic rings. The smallest absolute Gasteiger partial charge is 0.343 e. The first-order valence-corrected chi connectivity index (χ1v) is 10.6. The third-order valence-electron chi connectivity index (χ3n) is 4.52. The van der Waals surface area contributed by atoms with Crippen LogP contribution >= 0.6 is 0 Å². The molecule has 3 aromatic rings. The van der Waals surface area contributed by atoms with Gasteiger partial charge in [-0.25, -0.2) is 14.6 Å². The number of benzene rings is 3. The fourth-order valence-corrected chi connectivity index (χ4v) is 3.08. The number of amides is 1. The lowest BCUT2D eigenvalue weighted by Gasteiger charge is -2.11. The van der Waals surface area contributed by atoms with E-state index in [1.807, 2.05) is 32.0 Å². The van der Waals surface area contributed by atoms with Crippen molar-refractivity contribution in [3.8, 4) is 17.2 Å². The van der Waals surface area contributed by atoms with Crippen molar-refractivity contribution in [1.82, 2.24) is 5.43 Å². The summed E-state index contributed by atoms with van der Waals surface area (Å²) in [5.74, 6) is -0.350. The number of carbonyl (C=O) groups excluding carboxylic acids is 2. The number of esters is 1. The second kappa shape index (κ2) is 11.6. The van der Waals surface area contributed by atoms with Gasteiger partial charge < -0.3 is 14.2 Å². The normalized spacial score (nSPS) is 10.7. The maximum absolute atomic E-state index is 13.1. The van der Waals surface area contributed by atoms with Crippen LogP contribution in [0.15, 0.2) is 65.8 Å². The third-order valence-corrected chi connectivity index (χ3v) is 4.52. The highest BCUT2D eigenvalue weighted by Gasteiger charge is 2.13. The average molecular weight is 464 g/mol. The van der Waals surface area contributed by atoms with Crippen molar-refractivity contribution in [1.29, 1.82) is 0 Å². The largest absolute Gasteiger partial charge is 0.490 e. The highest BCUT2D eigenvalue weighted by atomic mass is 19.1. The van der Waals surface area contributed by atoms with Gasteiger partial charge in [0.15, 0.2) is 18.1 Å². The Bertz CT molecular complexity index is 1170. The molecule has 0 aromatic heterocycles. The maximum atomic E-state index is 13.1. The number of hydrogen-bond acceptors (Lipinski definition) is 6. The van der Waals surface area contributed by atoms with E-state index in [4.69, 9.17) is 14.2 Å². The quantitative estimate of drug-likeness (QED) is 0.217. The molecule has 0 spiro atoms. The summed E-state index contributed by atoms with van der Waals surface area (Å²) in [6.07, 6.45) is 1.43. The Hall–Kier alpha value is -4.20. The van der Waals surface area contributed by atoms with Crippen LogP contribution in [0, 0.1) is 19.7 Å². The summed E-state index contributed by atoms with van der Waals surface area (Å²) in [7, 11) is 0. The highest BCUT2D eigenvalue weighted by molar-refractivity contribution is 5.91. The fourth-order valence-electron chi connectivity index (χ4n) is 3.08. The second-order valence-corrected chi connectivity index (χ2v) is 7.44. The molecule has 3 aromatic carbocycles. The molecule has 0 fully saturated rings. The van der Waals surface area contributed by atoms with E-state index in [1.165, 1.54) is 30.5 Å². The number of aryl methyl sites for hydroxylation is 2. The van der Waals surface area contributed by atoms with Gasteiger partial charge in [-0.15, -0.1) is 0 Å². The van der Waals surface area contributed by atoms with Crippen LogP contribution < -0.4 is 19.6 Å². The van der Waals surface area contributed by atoms with E-state index < -0.39 is 17.7 Å². The Labute approximate surface area is 197 Å². The van der Waals surface area contributed by atoms with Crippen molar-refractivity contribution in [2.75, 3.05) is 13.2 Å². The van der Waals surface area contributed by atoms with E-state index in [9.17, 15) is 14.0 Å². The van der Waals surface area contributed by atoms with Gasteiger partial charge in [-0.2, -0.15) is 5.10 Å². The molecule has 8 heteroatoms. The maximum Gasteiger partial charge on any atom is 0.343 e. The summed E-state index contributed by atoms with van der Waals surface area (Å²) < 4.78 is 29.5. The van der Waals surface area contributed by atoms with Crippen molar-refractivity contribution >= 4 is 18.1 Å². The molecule has 0 aliphatic carbocycles. The molecule has 0 atom stereocenters. The van der Waals surface area contributed by atoms with E-state index in [-0.39, 0.29) is 17.9 Å². The Balaban J connectivity index is 1.59. The van der Waals surface area contributed by atoms with Crippen LogP contribution in [0.25, 0.3) is 0 Å². The first-order chi connectivity index (χ1) is 16.3. The minimum absolute atomic E-state index is 0.178.